The second-order valence-corrected chi connectivity index (χ2v) is 3.59. The van der Waals surface area contributed by atoms with Gasteiger partial charge in [-0.3, -0.25) is 4.79 Å². The fraction of sp³-hybridized carbons (Fsp3) is 0. The zero-order valence-electron chi connectivity index (χ0n) is 9.51. The lowest BCUT2D eigenvalue weighted by atomic mass is 10.2. The molecule has 0 unspecified atom stereocenters. The molecule has 2 aromatic carbocycles. The lowest BCUT2D eigenvalue weighted by molar-refractivity contribution is 0.0951. The van der Waals surface area contributed by atoms with Gasteiger partial charge in [0.25, 0.3) is 5.91 Å². The molecule has 0 heterocycles. The van der Waals surface area contributed by atoms with Crippen molar-refractivity contribution in [3.63, 3.8) is 0 Å². The summed E-state index contributed by atoms with van der Waals surface area (Å²) in [6, 6.07) is 15.1. The maximum atomic E-state index is 13.3. The average molecular weight is 242 g/mol. The normalized spacial score (nSPS) is 10.5. The van der Waals surface area contributed by atoms with Crippen molar-refractivity contribution in [1.82, 2.24) is 5.43 Å². The van der Waals surface area contributed by atoms with Gasteiger partial charge >= 0.3 is 0 Å². The maximum Gasteiger partial charge on any atom is 0.274 e. The number of amides is 1. The van der Waals surface area contributed by atoms with Gasteiger partial charge in [-0.05, 0) is 17.7 Å². The lowest BCUT2D eigenvalue weighted by Gasteiger charge is -2.00. The van der Waals surface area contributed by atoms with E-state index in [-0.39, 0.29) is 5.56 Å². The van der Waals surface area contributed by atoms with Crippen LogP contribution in [0.4, 0.5) is 4.39 Å². The molecule has 0 radical (unpaired) electrons. The maximum absolute atomic E-state index is 13.3. The third-order valence-electron chi connectivity index (χ3n) is 2.30. The van der Waals surface area contributed by atoms with Gasteiger partial charge in [0.15, 0.2) is 0 Å². The van der Waals surface area contributed by atoms with Crippen LogP contribution in [0.3, 0.4) is 0 Å². The number of benzene rings is 2. The molecule has 0 aliphatic carbocycles. The van der Waals surface area contributed by atoms with Crippen LogP contribution in [0.15, 0.2) is 59.7 Å². The van der Waals surface area contributed by atoms with E-state index in [1.54, 1.807) is 6.07 Å². The number of hydrogen-bond donors (Lipinski definition) is 1. The predicted octanol–water partition coefficient (Wildman–Crippen LogP) is 2.59. The Morgan fingerprint density at radius 3 is 2.44 bits per heavy atom. The van der Waals surface area contributed by atoms with Gasteiger partial charge in [0.2, 0.25) is 0 Å². The van der Waals surface area contributed by atoms with Gasteiger partial charge in [0, 0.05) is 0 Å². The molecule has 4 heteroatoms. The van der Waals surface area contributed by atoms with E-state index in [0.717, 1.165) is 5.56 Å². The van der Waals surface area contributed by atoms with Crippen LogP contribution < -0.4 is 5.43 Å². The predicted molar refractivity (Wildman–Crippen MR) is 67.9 cm³/mol. The zero-order valence-corrected chi connectivity index (χ0v) is 9.51. The van der Waals surface area contributed by atoms with E-state index < -0.39 is 11.7 Å². The summed E-state index contributed by atoms with van der Waals surface area (Å²) in [5, 5.41) is 3.77. The molecule has 18 heavy (non-hydrogen) atoms. The fourth-order valence-corrected chi connectivity index (χ4v) is 1.41. The van der Waals surface area contributed by atoms with Crippen molar-refractivity contribution in [2.45, 2.75) is 0 Å². The number of carbonyl (C=O) groups excluding carboxylic acids is 1. The molecule has 1 N–H and O–H groups in total. The monoisotopic (exact) mass is 242 g/mol. The van der Waals surface area contributed by atoms with E-state index in [1.165, 1.54) is 24.4 Å². The molecule has 1 amide bonds. The first kappa shape index (κ1) is 12.0. The first-order valence-corrected chi connectivity index (χ1v) is 5.40. The molecule has 0 aliphatic rings. The standard InChI is InChI=1S/C14H11FN2O/c15-13-9-5-4-8-12(13)14(18)17-16-10-11-6-2-1-3-7-11/h1-10H,(H,17,18)/b16-10+. The van der Waals surface area contributed by atoms with Crippen LogP contribution in [0.5, 0.6) is 0 Å². The quantitative estimate of drug-likeness (QED) is 0.652. The molecule has 0 aromatic heterocycles. The fourth-order valence-electron chi connectivity index (χ4n) is 1.41. The van der Waals surface area contributed by atoms with E-state index in [2.05, 4.69) is 10.5 Å². The summed E-state index contributed by atoms with van der Waals surface area (Å²) in [4.78, 5) is 11.6. The largest absolute Gasteiger partial charge is 0.274 e. The molecule has 3 nitrogen and oxygen atoms in total. The summed E-state index contributed by atoms with van der Waals surface area (Å²) < 4.78 is 13.3. The summed E-state index contributed by atoms with van der Waals surface area (Å²) in [5.74, 6) is -1.13. The van der Waals surface area contributed by atoms with Gasteiger partial charge in [-0.15, -0.1) is 0 Å². The van der Waals surface area contributed by atoms with Crippen LogP contribution in [0.25, 0.3) is 0 Å². The van der Waals surface area contributed by atoms with Crippen molar-refractivity contribution in [2.24, 2.45) is 5.10 Å². The minimum Gasteiger partial charge on any atom is -0.267 e. The number of halogens is 1. The molecular formula is C14H11FN2O. The topological polar surface area (TPSA) is 41.5 Å². The highest BCUT2D eigenvalue weighted by Crippen LogP contribution is 2.05. The van der Waals surface area contributed by atoms with Crippen molar-refractivity contribution in [1.29, 1.82) is 0 Å². The van der Waals surface area contributed by atoms with Crippen LogP contribution >= 0.6 is 0 Å². The second kappa shape index (κ2) is 5.72. The average Bonchev–Trinajstić information content (AvgIpc) is 2.40. The first-order chi connectivity index (χ1) is 8.77. The highest BCUT2D eigenvalue weighted by molar-refractivity contribution is 5.95. The van der Waals surface area contributed by atoms with Gasteiger partial charge in [0.05, 0.1) is 11.8 Å². The smallest absolute Gasteiger partial charge is 0.267 e. The molecule has 0 atom stereocenters. The van der Waals surface area contributed by atoms with Crippen LogP contribution in [0.1, 0.15) is 15.9 Å². The summed E-state index contributed by atoms with van der Waals surface area (Å²) in [6.07, 6.45) is 1.50. The number of carbonyl (C=O) groups is 1. The number of hydrogen-bond acceptors (Lipinski definition) is 2. The third-order valence-corrected chi connectivity index (χ3v) is 2.30. The molecule has 0 saturated carbocycles. The Morgan fingerprint density at radius 2 is 1.72 bits per heavy atom. The van der Waals surface area contributed by atoms with E-state index in [9.17, 15) is 9.18 Å². The summed E-state index contributed by atoms with van der Waals surface area (Å²) in [5.41, 5.74) is 3.11. The number of nitrogens with one attached hydrogen (secondary N) is 1. The van der Waals surface area contributed by atoms with Crippen molar-refractivity contribution >= 4 is 12.1 Å². The van der Waals surface area contributed by atoms with Gasteiger partial charge in [-0.1, -0.05) is 42.5 Å². The Bertz CT molecular complexity index is 567. The molecule has 90 valence electrons. The molecule has 0 aliphatic heterocycles. The first-order valence-electron chi connectivity index (χ1n) is 5.40. The molecule has 2 rings (SSSR count). The molecule has 2 aromatic rings. The Morgan fingerprint density at radius 1 is 1.06 bits per heavy atom. The van der Waals surface area contributed by atoms with Crippen molar-refractivity contribution < 1.29 is 9.18 Å². The SMILES string of the molecule is O=C(N/N=C/c1ccccc1)c1ccccc1F. The van der Waals surface area contributed by atoms with Gasteiger partial charge in [-0.25, -0.2) is 9.82 Å². The Hall–Kier alpha value is -2.49. The van der Waals surface area contributed by atoms with E-state index >= 15 is 0 Å². The molecule has 0 bridgehead atoms. The van der Waals surface area contributed by atoms with Crippen molar-refractivity contribution in [3.8, 4) is 0 Å². The minimum atomic E-state index is -0.569. The zero-order chi connectivity index (χ0) is 12.8. The summed E-state index contributed by atoms with van der Waals surface area (Å²) in [6.45, 7) is 0. The highest BCUT2D eigenvalue weighted by Gasteiger charge is 2.08. The van der Waals surface area contributed by atoms with Crippen LogP contribution in [-0.2, 0) is 0 Å². The van der Waals surface area contributed by atoms with Crippen LogP contribution in [-0.4, -0.2) is 12.1 Å². The molecule has 0 fully saturated rings. The summed E-state index contributed by atoms with van der Waals surface area (Å²) >= 11 is 0. The highest BCUT2D eigenvalue weighted by atomic mass is 19.1. The molecule has 0 saturated heterocycles. The van der Waals surface area contributed by atoms with Gasteiger partial charge in [-0.2, -0.15) is 5.10 Å². The minimum absolute atomic E-state index is 0.0253. The van der Waals surface area contributed by atoms with E-state index in [1.807, 2.05) is 30.3 Å². The van der Waals surface area contributed by atoms with E-state index in [0.29, 0.717) is 0 Å². The van der Waals surface area contributed by atoms with Gasteiger partial charge in [0.1, 0.15) is 5.82 Å². The molecular weight excluding hydrogens is 231 g/mol. The number of rotatable bonds is 3. The lowest BCUT2D eigenvalue weighted by Crippen LogP contribution is -2.18. The molecule has 0 spiro atoms. The van der Waals surface area contributed by atoms with Gasteiger partial charge < -0.3 is 0 Å². The van der Waals surface area contributed by atoms with Crippen LogP contribution in [0, 0.1) is 5.82 Å². The number of nitrogens with zero attached hydrogens (tertiary/aromatic N) is 1. The van der Waals surface area contributed by atoms with E-state index in [4.69, 9.17) is 0 Å². The van der Waals surface area contributed by atoms with Crippen molar-refractivity contribution in [3.05, 3.63) is 71.5 Å². The number of hydrazone groups is 1. The van der Waals surface area contributed by atoms with Crippen molar-refractivity contribution in [2.75, 3.05) is 0 Å². The Balaban J connectivity index is 2.01. The third kappa shape index (κ3) is 3.01. The van der Waals surface area contributed by atoms with Crippen LogP contribution in [0.2, 0.25) is 0 Å². The Labute approximate surface area is 104 Å². The second-order valence-electron chi connectivity index (χ2n) is 3.59. The Kier molecular flexibility index (Phi) is 3.81. The summed E-state index contributed by atoms with van der Waals surface area (Å²) in [7, 11) is 0.